The molecule has 0 radical (unpaired) electrons. The normalized spacial score (nSPS) is 24.5. The van der Waals surface area contributed by atoms with Crippen molar-refractivity contribution in [1.29, 1.82) is 0 Å². The molecule has 2 aliphatic rings. The molecule has 0 saturated carbocycles. The van der Waals surface area contributed by atoms with E-state index in [0.29, 0.717) is 19.5 Å². The van der Waals surface area contributed by atoms with Gasteiger partial charge >= 0.3 is 5.97 Å². The average Bonchev–Trinajstić information content (AvgIpc) is 2.85. The van der Waals surface area contributed by atoms with Crippen LogP contribution in [-0.4, -0.2) is 30.4 Å². The van der Waals surface area contributed by atoms with Crippen LogP contribution >= 0.6 is 0 Å². The molecule has 0 spiro atoms. The van der Waals surface area contributed by atoms with Crippen molar-refractivity contribution in [2.75, 3.05) is 13.7 Å². The van der Waals surface area contributed by atoms with Gasteiger partial charge in [0.1, 0.15) is 0 Å². The Balaban J connectivity index is 1.76. The van der Waals surface area contributed by atoms with E-state index in [1.54, 1.807) is 0 Å². The van der Waals surface area contributed by atoms with Gasteiger partial charge in [0.25, 0.3) is 0 Å². The second-order valence-corrected chi connectivity index (χ2v) is 6.21. The van der Waals surface area contributed by atoms with Crippen LogP contribution in [0.3, 0.4) is 0 Å². The van der Waals surface area contributed by atoms with Crippen molar-refractivity contribution in [1.82, 2.24) is 4.90 Å². The Morgan fingerprint density at radius 3 is 2.73 bits per heavy atom. The fraction of sp³-hybridized carbons (Fsp3) is 0.444. The summed E-state index contributed by atoms with van der Waals surface area (Å²) < 4.78 is 4.86. The number of nitrogens with zero attached hydrogens (tertiary/aromatic N) is 1. The maximum Gasteiger partial charge on any atom is 0.309 e. The first-order valence-electron chi connectivity index (χ1n) is 7.73. The molecule has 0 N–H and O–H groups in total. The lowest BCUT2D eigenvalue weighted by Crippen LogP contribution is -2.27. The van der Waals surface area contributed by atoms with Crippen LogP contribution in [0.1, 0.15) is 25.3 Å². The molecular formula is C18H21NO3. The van der Waals surface area contributed by atoms with Gasteiger partial charge in [0.2, 0.25) is 5.91 Å². The molecule has 1 aliphatic carbocycles. The number of amides is 1. The molecule has 1 heterocycles. The standard InChI is InChI=1S/C18H21NO3/c1-12-8-14(18(21)22-2)9-15-16(12)11-19(17(15)20)10-13-6-4-3-5-7-13/h3-7,12,14H,8-11H2,1-2H3/t12-,14+/m1/s1. The van der Waals surface area contributed by atoms with Crippen molar-refractivity contribution in [2.45, 2.75) is 26.3 Å². The smallest absolute Gasteiger partial charge is 0.309 e. The molecule has 0 saturated heterocycles. The fourth-order valence-corrected chi connectivity index (χ4v) is 3.55. The van der Waals surface area contributed by atoms with Gasteiger partial charge in [-0.3, -0.25) is 9.59 Å². The zero-order chi connectivity index (χ0) is 15.7. The minimum Gasteiger partial charge on any atom is -0.469 e. The summed E-state index contributed by atoms with van der Waals surface area (Å²) in [4.78, 5) is 26.4. The Kier molecular flexibility index (Phi) is 4.01. The number of rotatable bonds is 3. The SMILES string of the molecule is COC(=O)[C@@H]1CC2=C(CN(Cc3ccccc3)C2=O)[C@H](C)C1. The first kappa shape index (κ1) is 14.8. The molecule has 3 rings (SSSR count). The lowest BCUT2D eigenvalue weighted by atomic mass is 9.78. The molecule has 1 aliphatic heterocycles. The Hall–Kier alpha value is -2.10. The van der Waals surface area contributed by atoms with Gasteiger partial charge in [-0.05, 0) is 29.9 Å². The van der Waals surface area contributed by atoms with Crippen molar-refractivity contribution < 1.29 is 14.3 Å². The van der Waals surface area contributed by atoms with Gasteiger partial charge in [0.15, 0.2) is 0 Å². The topological polar surface area (TPSA) is 46.6 Å². The first-order valence-corrected chi connectivity index (χ1v) is 7.73. The number of ether oxygens (including phenoxy) is 1. The molecule has 0 unspecified atom stereocenters. The number of methoxy groups -OCH3 is 1. The summed E-state index contributed by atoms with van der Waals surface area (Å²) in [7, 11) is 1.41. The summed E-state index contributed by atoms with van der Waals surface area (Å²) in [6, 6.07) is 10.0. The van der Waals surface area contributed by atoms with E-state index >= 15 is 0 Å². The monoisotopic (exact) mass is 299 g/mol. The van der Waals surface area contributed by atoms with E-state index in [1.807, 2.05) is 35.2 Å². The highest BCUT2D eigenvalue weighted by Crippen LogP contribution is 2.39. The molecule has 4 heteroatoms. The minimum atomic E-state index is -0.201. The van der Waals surface area contributed by atoms with Gasteiger partial charge in [0.05, 0.1) is 13.0 Å². The molecule has 0 fully saturated rings. The summed E-state index contributed by atoms with van der Waals surface area (Å²) in [5, 5.41) is 0. The van der Waals surface area contributed by atoms with E-state index in [0.717, 1.165) is 17.6 Å². The molecule has 4 nitrogen and oxygen atoms in total. The van der Waals surface area contributed by atoms with Crippen molar-refractivity contribution in [2.24, 2.45) is 11.8 Å². The van der Waals surface area contributed by atoms with Crippen LogP contribution in [0.4, 0.5) is 0 Å². The van der Waals surface area contributed by atoms with Gasteiger partial charge in [-0.2, -0.15) is 0 Å². The second kappa shape index (κ2) is 5.95. The lowest BCUT2D eigenvalue weighted by Gasteiger charge is -2.25. The molecule has 1 amide bonds. The highest BCUT2D eigenvalue weighted by Gasteiger charge is 2.40. The third-order valence-corrected chi connectivity index (χ3v) is 4.73. The van der Waals surface area contributed by atoms with E-state index in [9.17, 15) is 9.59 Å². The summed E-state index contributed by atoms with van der Waals surface area (Å²) in [5.41, 5.74) is 3.18. The predicted molar refractivity (Wildman–Crippen MR) is 82.8 cm³/mol. The average molecular weight is 299 g/mol. The third kappa shape index (κ3) is 2.65. The Morgan fingerprint density at radius 1 is 1.32 bits per heavy atom. The van der Waals surface area contributed by atoms with Crippen LogP contribution in [0.2, 0.25) is 0 Å². The van der Waals surface area contributed by atoms with Crippen LogP contribution in [-0.2, 0) is 20.9 Å². The molecule has 1 aromatic carbocycles. The lowest BCUT2D eigenvalue weighted by molar-refractivity contribution is -0.146. The summed E-state index contributed by atoms with van der Waals surface area (Å²) >= 11 is 0. The zero-order valence-corrected chi connectivity index (χ0v) is 13.0. The van der Waals surface area contributed by atoms with Gasteiger partial charge in [-0.15, -0.1) is 0 Å². The van der Waals surface area contributed by atoms with Gasteiger partial charge in [-0.1, -0.05) is 37.3 Å². The second-order valence-electron chi connectivity index (χ2n) is 6.21. The van der Waals surface area contributed by atoms with Crippen LogP contribution in [0, 0.1) is 11.8 Å². The van der Waals surface area contributed by atoms with Crippen molar-refractivity contribution in [3.8, 4) is 0 Å². The molecule has 0 aromatic heterocycles. The highest BCUT2D eigenvalue weighted by molar-refractivity contribution is 5.98. The maximum absolute atomic E-state index is 12.7. The van der Waals surface area contributed by atoms with E-state index in [4.69, 9.17) is 4.74 Å². The summed E-state index contributed by atoms with van der Waals surface area (Å²) in [6.45, 7) is 3.42. The maximum atomic E-state index is 12.7. The van der Waals surface area contributed by atoms with E-state index in [2.05, 4.69) is 6.92 Å². The molecule has 2 atom stereocenters. The van der Waals surface area contributed by atoms with E-state index < -0.39 is 0 Å². The Labute approximate surface area is 130 Å². The van der Waals surface area contributed by atoms with Crippen LogP contribution in [0.15, 0.2) is 41.5 Å². The van der Waals surface area contributed by atoms with Crippen LogP contribution < -0.4 is 0 Å². The molecule has 22 heavy (non-hydrogen) atoms. The Morgan fingerprint density at radius 2 is 2.05 bits per heavy atom. The first-order chi connectivity index (χ1) is 10.6. The fourth-order valence-electron chi connectivity index (χ4n) is 3.55. The van der Waals surface area contributed by atoms with Crippen LogP contribution in [0.25, 0.3) is 0 Å². The number of carbonyl (C=O) groups excluding carboxylic acids is 2. The third-order valence-electron chi connectivity index (χ3n) is 4.73. The highest BCUT2D eigenvalue weighted by atomic mass is 16.5. The molecular weight excluding hydrogens is 278 g/mol. The zero-order valence-electron chi connectivity index (χ0n) is 13.0. The molecule has 116 valence electrons. The molecule has 0 bridgehead atoms. The van der Waals surface area contributed by atoms with Gasteiger partial charge in [0, 0.05) is 18.7 Å². The van der Waals surface area contributed by atoms with E-state index in [1.165, 1.54) is 12.7 Å². The largest absolute Gasteiger partial charge is 0.469 e. The van der Waals surface area contributed by atoms with E-state index in [-0.39, 0.29) is 23.7 Å². The van der Waals surface area contributed by atoms with Crippen molar-refractivity contribution >= 4 is 11.9 Å². The Bertz CT molecular complexity index is 620. The number of benzene rings is 1. The quantitative estimate of drug-likeness (QED) is 0.806. The number of hydrogen-bond acceptors (Lipinski definition) is 3. The summed E-state index contributed by atoms with van der Waals surface area (Å²) in [5.74, 6) is -0.0380. The van der Waals surface area contributed by atoms with Gasteiger partial charge in [-0.25, -0.2) is 0 Å². The summed E-state index contributed by atoms with van der Waals surface area (Å²) in [6.07, 6.45) is 1.30. The predicted octanol–water partition coefficient (Wildman–Crippen LogP) is 2.54. The minimum absolute atomic E-state index is 0.0827. The number of esters is 1. The van der Waals surface area contributed by atoms with Crippen molar-refractivity contribution in [3.05, 3.63) is 47.0 Å². The number of carbonyl (C=O) groups is 2. The molecule has 1 aromatic rings. The van der Waals surface area contributed by atoms with Crippen molar-refractivity contribution in [3.63, 3.8) is 0 Å². The van der Waals surface area contributed by atoms with Gasteiger partial charge < -0.3 is 9.64 Å². The number of hydrogen-bond donors (Lipinski definition) is 0. The van der Waals surface area contributed by atoms with Crippen LogP contribution in [0.5, 0.6) is 0 Å².